The summed E-state index contributed by atoms with van der Waals surface area (Å²) in [7, 11) is 0. The summed E-state index contributed by atoms with van der Waals surface area (Å²) in [4.78, 5) is 10.9. The van der Waals surface area contributed by atoms with E-state index in [4.69, 9.17) is 0 Å². The average molecular weight is 142 g/mol. The van der Waals surface area contributed by atoms with Crippen LogP contribution in [0.4, 0.5) is 0 Å². The molecule has 1 atom stereocenters. The van der Waals surface area contributed by atoms with Crippen molar-refractivity contribution >= 4 is 17.5 Å². The molecule has 0 amide bonds. The highest BCUT2D eigenvalue weighted by Crippen LogP contribution is 2.23. The average Bonchev–Trinajstić information content (AvgIpc) is 2.37. The maximum atomic E-state index is 10.9. The third-order valence-electron chi connectivity index (χ3n) is 1.53. The summed E-state index contributed by atoms with van der Waals surface area (Å²) in [5.41, 5.74) is 0. The van der Waals surface area contributed by atoms with Gasteiger partial charge in [-0.15, -0.1) is 0 Å². The van der Waals surface area contributed by atoms with Crippen LogP contribution >= 0.6 is 11.8 Å². The quantitative estimate of drug-likeness (QED) is 0.543. The van der Waals surface area contributed by atoms with Gasteiger partial charge in [0.05, 0.1) is 0 Å². The van der Waals surface area contributed by atoms with Gasteiger partial charge in [-0.2, -0.15) is 11.8 Å². The third-order valence-corrected chi connectivity index (χ3v) is 2.70. The molecule has 9 heavy (non-hydrogen) atoms. The van der Waals surface area contributed by atoms with E-state index < -0.39 is 0 Å². The Morgan fingerprint density at radius 3 is 3.00 bits per heavy atom. The van der Waals surface area contributed by atoms with Gasteiger partial charge in [0.15, 0.2) is 5.78 Å². The SMILES string of the molecule is C=CC(=O)C1CCSC1. The highest BCUT2D eigenvalue weighted by Gasteiger charge is 2.20. The Bertz CT molecular complexity index is 125. The Morgan fingerprint density at radius 2 is 2.56 bits per heavy atom. The van der Waals surface area contributed by atoms with Crippen molar-refractivity contribution in [2.75, 3.05) is 11.5 Å². The van der Waals surface area contributed by atoms with Crippen LogP contribution in [0.25, 0.3) is 0 Å². The minimum absolute atomic E-state index is 0.222. The molecule has 1 aliphatic heterocycles. The van der Waals surface area contributed by atoms with Crippen LogP contribution in [0.15, 0.2) is 12.7 Å². The molecule has 0 aromatic carbocycles. The van der Waals surface area contributed by atoms with Crippen LogP contribution in [0.3, 0.4) is 0 Å². The van der Waals surface area contributed by atoms with Gasteiger partial charge in [0, 0.05) is 11.7 Å². The Morgan fingerprint density at radius 1 is 1.78 bits per heavy atom. The van der Waals surface area contributed by atoms with Crippen LogP contribution in [0.2, 0.25) is 0 Å². The number of thioether (sulfide) groups is 1. The van der Waals surface area contributed by atoms with E-state index in [9.17, 15) is 4.79 Å². The Hall–Kier alpha value is -0.240. The second-order valence-electron chi connectivity index (χ2n) is 2.17. The molecule has 0 radical (unpaired) electrons. The minimum atomic E-state index is 0.222. The molecule has 0 aromatic heterocycles. The van der Waals surface area contributed by atoms with Gasteiger partial charge in [-0.3, -0.25) is 4.79 Å². The second-order valence-corrected chi connectivity index (χ2v) is 3.32. The standard InChI is InChI=1S/C7H10OS/c1-2-7(8)6-3-4-9-5-6/h2,6H,1,3-5H2. The maximum absolute atomic E-state index is 10.9. The number of allylic oxidation sites excluding steroid dienone is 1. The Labute approximate surface area is 59.5 Å². The molecule has 1 saturated heterocycles. The predicted molar refractivity (Wildman–Crippen MR) is 40.6 cm³/mol. The highest BCUT2D eigenvalue weighted by atomic mass is 32.2. The summed E-state index contributed by atoms with van der Waals surface area (Å²) in [6.45, 7) is 3.45. The first-order valence-corrected chi connectivity index (χ1v) is 4.24. The molecule has 1 aliphatic rings. The summed E-state index contributed by atoms with van der Waals surface area (Å²) in [6.07, 6.45) is 2.49. The molecule has 0 N–H and O–H groups in total. The van der Waals surface area contributed by atoms with Gasteiger partial charge < -0.3 is 0 Å². The van der Waals surface area contributed by atoms with Crippen molar-refractivity contribution in [2.24, 2.45) is 5.92 Å². The fraction of sp³-hybridized carbons (Fsp3) is 0.571. The molecule has 0 aromatic rings. The van der Waals surface area contributed by atoms with Gasteiger partial charge in [0.2, 0.25) is 0 Å². The van der Waals surface area contributed by atoms with Crippen LogP contribution < -0.4 is 0 Å². The predicted octanol–water partition coefficient (Wildman–Crippen LogP) is 1.49. The van der Waals surface area contributed by atoms with Gasteiger partial charge in [-0.25, -0.2) is 0 Å². The molecule has 1 rings (SSSR count). The Balaban J connectivity index is 2.41. The van der Waals surface area contributed by atoms with Crippen LogP contribution in [0.5, 0.6) is 0 Å². The lowest BCUT2D eigenvalue weighted by molar-refractivity contribution is -0.117. The van der Waals surface area contributed by atoms with Crippen LogP contribution in [-0.2, 0) is 4.79 Å². The summed E-state index contributed by atoms with van der Waals surface area (Å²) in [5, 5.41) is 0. The van der Waals surface area contributed by atoms with Crippen LogP contribution in [0, 0.1) is 5.92 Å². The lowest BCUT2D eigenvalue weighted by atomic mass is 10.0. The first-order valence-electron chi connectivity index (χ1n) is 3.08. The summed E-state index contributed by atoms with van der Waals surface area (Å²) < 4.78 is 0. The van der Waals surface area contributed by atoms with Crippen molar-refractivity contribution < 1.29 is 4.79 Å². The van der Waals surface area contributed by atoms with E-state index in [1.165, 1.54) is 6.08 Å². The number of hydrogen-bond donors (Lipinski definition) is 0. The molecule has 2 heteroatoms. The second kappa shape index (κ2) is 3.06. The highest BCUT2D eigenvalue weighted by molar-refractivity contribution is 7.99. The largest absolute Gasteiger partial charge is 0.295 e. The van der Waals surface area contributed by atoms with Gasteiger partial charge in [-0.05, 0) is 18.2 Å². The lowest BCUT2D eigenvalue weighted by Gasteiger charge is -1.99. The van der Waals surface area contributed by atoms with E-state index in [1.54, 1.807) is 0 Å². The van der Waals surface area contributed by atoms with E-state index in [0.29, 0.717) is 0 Å². The molecule has 0 saturated carbocycles. The van der Waals surface area contributed by atoms with Gasteiger partial charge in [0.1, 0.15) is 0 Å². The van der Waals surface area contributed by atoms with Gasteiger partial charge in [0.25, 0.3) is 0 Å². The first-order chi connectivity index (χ1) is 4.34. The van der Waals surface area contributed by atoms with E-state index in [1.807, 2.05) is 11.8 Å². The number of ketones is 1. The smallest absolute Gasteiger partial charge is 0.159 e. The van der Waals surface area contributed by atoms with Crippen molar-refractivity contribution in [2.45, 2.75) is 6.42 Å². The van der Waals surface area contributed by atoms with Crippen molar-refractivity contribution in [1.29, 1.82) is 0 Å². The monoisotopic (exact) mass is 142 g/mol. The van der Waals surface area contributed by atoms with E-state index >= 15 is 0 Å². The number of carbonyl (C=O) groups excluding carboxylic acids is 1. The van der Waals surface area contributed by atoms with Gasteiger partial charge >= 0.3 is 0 Å². The summed E-state index contributed by atoms with van der Waals surface area (Å²) in [5.74, 6) is 2.65. The molecular formula is C7H10OS. The topological polar surface area (TPSA) is 17.1 Å². The van der Waals surface area contributed by atoms with E-state index in [0.717, 1.165) is 17.9 Å². The zero-order valence-electron chi connectivity index (χ0n) is 5.30. The molecule has 1 fully saturated rings. The van der Waals surface area contributed by atoms with Crippen molar-refractivity contribution in [3.05, 3.63) is 12.7 Å². The molecule has 1 nitrogen and oxygen atoms in total. The van der Waals surface area contributed by atoms with Crippen molar-refractivity contribution in [3.8, 4) is 0 Å². The first kappa shape index (κ1) is 6.87. The fourth-order valence-corrected chi connectivity index (χ4v) is 2.16. The minimum Gasteiger partial charge on any atom is -0.295 e. The van der Waals surface area contributed by atoms with Crippen LogP contribution in [-0.4, -0.2) is 17.3 Å². The van der Waals surface area contributed by atoms with Gasteiger partial charge in [-0.1, -0.05) is 6.58 Å². The summed E-state index contributed by atoms with van der Waals surface area (Å²) in [6, 6.07) is 0. The molecule has 0 bridgehead atoms. The molecule has 0 spiro atoms. The Kier molecular flexibility index (Phi) is 2.34. The fourth-order valence-electron chi connectivity index (χ4n) is 0.926. The zero-order chi connectivity index (χ0) is 6.69. The molecule has 0 aliphatic carbocycles. The lowest BCUT2D eigenvalue weighted by Crippen LogP contribution is -2.09. The third kappa shape index (κ3) is 1.58. The normalized spacial score (nSPS) is 26.0. The van der Waals surface area contributed by atoms with E-state index in [2.05, 4.69) is 6.58 Å². The van der Waals surface area contributed by atoms with Crippen molar-refractivity contribution in [3.63, 3.8) is 0 Å². The molecule has 1 heterocycles. The van der Waals surface area contributed by atoms with E-state index in [-0.39, 0.29) is 11.7 Å². The zero-order valence-corrected chi connectivity index (χ0v) is 6.12. The number of carbonyl (C=O) groups is 1. The molecular weight excluding hydrogens is 132 g/mol. The number of rotatable bonds is 2. The van der Waals surface area contributed by atoms with Crippen molar-refractivity contribution in [1.82, 2.24) is 0 Å². The molecule has 50 valence electrons. The number of hydrogen-bond acceptors (Lipinski definition) is 2. The van der Waals surface area contributed by atoms with Crippen LogP contribution in [0.1, 0.15) is 6.42 Å². The molecule has 1 unspecified atom stereocenters. The summed E-state index contributed by atoms with van der Waals surface area (Å²) >= 11 is 1.86. The maximum Gasteiger partial charge on any atom is 0.159 e.